The van der Waals surface area contributed by atoms with Crippen molar-refractivity contribution >= 4 is 65.4 Å². The van der Waals surface area contributed by atoms with Gasteiger partial charge in [0.1, 0.15) is 5.58 Å². The Labute approximate surface area is 297 Å². The second-order valence-electron chi connectivity index (χ2n) is 13.1. The van der Waals surface area contributed by atoms with Gasteiger partial charge in [-0.2, -0.15) is 0 Å². The molecule has 0 saturated carbocycles. The minimum Gasteiger partial charge on any atom is -0.437 e. The number of rotatable bonds is 4. The molecule has 6 nitrogen and oxygen atoms in total. The summed E-state index contributed by atoms with van der Waals surface area (Å²) in [6.45, 7) is 0. The molecule has 0 bridgehead atoms. The fourth-order valence-electron chi connectivity index (χ4n) is 7.68. The minimum atomic E-state index is 0.602. The summed E-state index contributed by atoms with van der Waals surface area (Å²) >= 11 is 0. The van der Waals surface area contributed by atoms with Crippen molar-refractivity contribution in [1.29, 1.82) is 0 Å². The number of para-hydroxylation sites is 2. The largest absolute Gasteiger partial charge is 0.437 e. The Morgan fingerprint density at radius 2 is 1.12 bits per heavy atom. The van der Waals surface area contributed by atoms with Crippen molar-refractivity contribution in [2.75, 3.05) is 0 Å². The third-order valence-electron chi connectivity index (χ3n) is 10.1. The van der Waals surface area contributed by atoms with Gasteiger partial charge in [0.2, 0.25) is 5.71 Å². The maximum absolute atomic E-state index is 6.26. The zero-order chi connectivity index (χ0) is 34.2. The highest BCUT2D eigenvalue weighted by Crippen LogP contribution is 2.39. The lowest BCUT2D eigenvalue weighted by molar-refractivity contribution is 0.657. The molecule has 7 aromatic carbocycles. The van der Waals surface area contributed by atoms with Gasteiger partial charge in [-0.15, -0.1) is 0 Å². The van der Waals surface area contributed by atoms with Crippen LogP contribution < -0.4 is 0 Å². The fraction of sp³-hybridized carbons (Fsp3) is 0. The van der Waals surface area contributed by atoms with E-state index in [0.717, 1.165) is 76.7 Å². The van der Waals surface area contributed by atoms with Gasteiger partial charge in [0.25, 0.3) is 0 Å². The zero-order valence-corrected chi connectivity index (χ0v) is 27.7. The van der Waals surface area contributed by atoms with Crippen LogP contribution >= 0.6 is 0 Å². The van der Waals surface area contributed by atoms with Gasteiger partial charge < -0.3 is 8.98 Å². The molecule has 0 saturated heterocycles. The number of hydrogen-bond donors (Lipinski definition) is 0. The summed E-state index contributed by atoms with van der Waals surface area (Å²) in [5.41, 5.74) is 7.56. The summed E-state index contributed by atoms with van der Waals surface area (Å²) in [6.07, 6.45) is 1.76. The molecule has 4 heterocycles. The Morgan fingerprint density at radius 3 is 2.00 bits per heavy atom. The molecule has 52 heavy (non-hydrogen) atoms. The molecular formula is C46H27N5O. The first-order chi connectivity index (χ1) is 25.8. The van der Waals surface area contributed by atoms with Crippen LogP contribution in [0.1, 0.15) is 0 Å². The standard InChI is InChI=1S/C46H27N5O/c1-2-12-33(13-3-1)51-39-17-7-6-14-37(39)41-38(15-8-18-40(41)51)45-49-43(31-20-19-28-10-4-5-11-29(28)26-31)48-44(50-45)32-22-23-34-30(27-32)21-24-35-36-16-9-25-47-46(36)52-42(34)35/h1-27H. The molecule has 0 aliphatic rings. The van der Waals surface area contributed by atoms with Crippen molar-refractivity contribution in [3.05, 3.63) is 164 Å². The maximum atomic E-state index is 6.26. The van der Waals surface area contributed by atoms with Gasteiger partial charge in [-0.25, -0.2) is 19.9 Å². The van der Waals surface area contributed by atoms with E-state index < -0.39 is 0 Å². The highest BCUT2D eigenvalue weighted by atomic mass is 16.3. The average molecular weight is 666 g/mol. The molecule has 0 radical (unpaired) electrons. The highest BCUT2D eigenvalue weighted by molar-refractivity contribution is 6.16. The smallest absolute Gasteiger partial charge is 0.227 e. The number of nitrogens with zero attached hydrogens (tertiary/aromatic N) is 5. The van der Waals surface area contributed by atoms with Crippen molar-refractivity contribution in [3.63, 3.8) is 0 Å². The van der Waals surface area contributed by atoms with Gasteiger partial charge in [0, 0.05) is 55.5 Å². The molecule has 0 unspecified atom stereocenters. The summed E-state index contributed by atoms with van der Waals surface area (Å²) in [4.78, 5) is 20.1. The third-order valence-corrected chi connectivity index (χ3v) is 10.1. The van der Waals surface area contributed by atoms with Crippen molar-refractivity contribution < 1.29 is 4.42 Å². The van der Waals surface area contributed by atoms with E-state index in [-0.39, 0.29) is 0 Å². The van der Waals surface area contributed by atoms with Crippen LogP contribution in [-0.4, -0.2) is 24.5 Å². The van der Waals surface area contributed by atoms with E-state index >= 15 is 0 Å². The molecule has 6 heteroatoms. The molecule has 0 fully saturated rings. The Bertz CT molecular complexity index is 3200. The SMILES string of the molecule is c1ccc(-n2c3ccccc3c3c(-c4nc(-c5ccc6ccccc6c5)nc(-c5ccc6c(ccc7c8cccnc8oc67)c5)n4)cccc32)cc1. The van der Waals surface area contributed by atoms with Crippen LogP contribution in [0.4, 0.5) is 0 Å². The molecule has 0 spiro atoms. The summed E-state index contributed by atoms with van der Waals surface area (Å²) in [7, 11) is 0. The van der Waals surface area contributed by atoms with Gasteiger partial charge in [-0.1, -0.05) is 97.1 Å². The number of aromatic nitrogens is 5. The van der Waals surface area contributed by atoms with Crippen molar-refractivity contribution in [2.45, 2.75) is 0 Å². The van der Waals surface area contributed by atoms with Gasteiger partial charge in [-0.05, 0) is 76.8 Å². The van der Waals surface area contributed by atoms with Crippen LogP contribution in [-0.2, 0) is 0 Å². The number of fused-ring (bicyclic) bond motifs is 9. The fourth-order valence-corrected chi connectivity index (χ4v) is 7.68. The average Bonchev–Trinajstić information content (AvgIpc) is 3.77. The predicted octanol–water partition coefficient (Wildman–Crippen LogP) is 11.6. The van der Waals surface area contributed by atoms with Crippen LogP contribution in [0.3, 0.4) is 0 Å². The first kappa shape index (κ1) is 28.6. The number of benzene rings is 7. The lowest BCUT2D eigenvalue weighted by Crippen LogP contribution is -2.01. The molecule has 242 valence electrons. The zero-order valence-electron chi connectivity index (χ0n) is 27.7. The van der Waals surface area contributed by atoms with Gasteiger partial charge >= 0.3 is 0 Å². The normalized spacial score (nSPS) is 11.8. The van der Waals surface area contributed by atoms with E-state index in [4.69, 9.17) is 19.4 Å². The second-order valence-corrected chi connectivity index (χ2v) is 13.1. The van der Waals surface area contributed by atoms with E-state index in [9.17, 15) is 0 Å². The quantitative estimate of drug-likeness (QED) is 0.187. The van der Waals surface area contributed by atoms with Crippen LogP contribution in [0.15, 0.2) is 168 Å². The monoisotopic (exact) mass is 665 g/mol. The molecule has 11 rings (SSSR count). The Hall–Kier alpha value is -7.18. The maximum Gasteiger partial charge on any atom is 0.227 e. The Balaban J connectivity index is 1.16. The summed E-state index contributed by atoms with van der Waals surface area (Å²) in [6, 6.07) is 54.7. The number of hydrogen-bond acceptors (Lipinski definition) is 5. The van der Waals surface area contributed by atoms with Crippen molar-refractivity contribution in [2.24, 2.45) is 0 Å². The molecule has 0 atom stereocenters. The van der Waals surface area contributed by atoms with Gasteiger partial charge in [-0.3, -0.25) is 0 Å². The first-order valence-electron chi connectivity index (χ1n) is 17.3. The molecular weight excluding hydrogens is 639 g/mol. The summed E-state index contributed by atoms with van der Waals surface area (Å²) in [5.74, 6) is 1.84. The molecule has 0 amide bonds. The van der Waals surface area contributed by atoms with E-state index in [1.807, 2.05) is 18.2 Å². The van der Waals surface area contributed by atoms with E-state index in [1.54, 1.807) is 6.20 Å². The number of pyridine rings is 1. The number of furan rings is 1. The Kier molecular flexibility index (Phi) is 6.15. The van der Waals surface area contributed by atoms with Crippen molar-refractivity contribution in [1.82, 2.24) is 24.5 Å². The van der Waals surface area contributed by atoms with E-state index in [0.29, 0.717) is 23.2 Å². The lowest BCUT2D eigenvalue weighted by Gasteiger charge is -2.11. The van der Waals surface area contributed by atoms with Crippen LogP contribution in [0.2, 0.25) is 0 Å². The van der Waals surface area contributed by atoms with Gasteiger partial charge in [0.05, 0.1) is 11.0 Å². The molecule has 0 aliphatic heterocycles. The summed E-state index contributed by atoms with van der Waals surface area (Å²) in [5, 5.41) is 8.64. The molecule has 0 aliphatic carbocycles. The van der Waals surface area contributed by atoms with Crippen LogP contribution in [0.25, 0.3) is 105 Å². The Morgan fingerprint density at radius 1 is 0.442 bits per heavy atom. The van der Waals surface area contributed by atoms with E-state index in [2.05, 4.69) is 149 Å². The molecule has 11 aromatic rings. The lowest BCUT2D eigenvalue weighted by atomic mass is 10.0. The second kappa shape index (κ2) is 11.2. The minimum absolute atomic E-state index is 0.602. The summed E-state index contributed by atoms with van der Waals surface area (Å²) < 4.78 is 8.57. The van der Waals surface area contributed by atoms with Crippen LogP contribution in [0, 0.1) is 0 Å². The molecule has 4 aromatic heterocycles. The first-order valence-corrected chi connectivity index (χ1v) is 17.3. The van der Waals surface area contributed by atoms with Crippen LogP contribution in [0.5, 0.6) is 0 Å². The molecule has 0 N–H and O–H groups in total. The third kappa shape index (κ3) is 4.38. The topological polar surface area (TPSA) is 69.6 Å². The van der Waals surface area contributed by atoms with Gasteiger partial charge in [0.15, 0.2) is 17.5 Å². The predicted molar refractivity (Wildman–Crippen MR) is 211 cm³/mol. The van der Waals surface area contributed by atoms with Crippen molar-refractivity contribution in [3.8, 4) is 39.9 Å². The highest BCUT2D eigenvalue weighted by Gasteiger charge is 2.20. The van der Waals surface area contributed by atoms with E-state index in [1.165, 1.54) is 5.39 Å².